The van der Waals surface area contributed by atoms with Crippen LogP contribution in [0.5, 0.6) is 0 Å². The van der Waals surface area contributed by atoms with E-state index in [1.54, 1.807) is 6.20 Å². The van der Waals surface area contributed by atoms with Crippen molar-refractivity contribution in [3.8, 4) is 0 Å². The molecule has 0 aromatic carbocycles. The summed E-state index contributed by atoms with van der Waals surface area (Å²) in [6, 6.07) is 1.99. The lowest BCUT2D eigenvalue weighted by Gasteiger charge is -2.29. The highest BCUT2D eigenvalue weighted by atomic mass is 35.5. The molecule has 1 unspecified atom stereocenters. The number of alkyl carbamates (subject to hydrolysis) is 1. The van der Waals surface area contributed by atoms with Gasteiger partial charge in [0.05, 0.1) is 11.9 Å². The molecule has 2 heterocycles. The molecular weight excluding hydrogens is 290 g/mol. The van der Waals surface area contributed by atoms with Gasteiger partial charge in [0.15, 0.2) is 0 Å². The average molecular weight is 312 g/mol. The highest BCUT2D eigenvalue weighted by molar-refractivity contribution is 6.30. The minimum Gasteiger partial charge on any atom is -0.444 e. The van der Waals surface area contributed by atoms with Crippen molar-refractivity contribution in [2.24, 2.45) is 0 Å². The van der Waals surface area contributed by atoms with Crippen molar-refractivity contribution >= 4 is 23.4 Å². The predicted molar refractivity (Wildman–Crippen MR) is 83.7 cm³/mol. The van der Waals surface area contributed by atoms with Crippen LogP contribution in [0.4, 0.5) is 10.5 Å². The maximum absolute atomic E-state index is 11.9. The highest BCUT2D eigenvalue weighted by Gasteiger charge is 2.28. The lowest BCUT2D eigenvalue weighted by Crippen LogP contribution is -2.46. The number of carbonyl (C=O) groups is 1. The normalized spacial score (nSPS) is 18.7. The third-order valence-corrected chi connectivity index (χ3v) is 3.66. The first-order valence-electron chi connectivity index (χ1n) is 7.14. The van der Waals surface area contributed by atoms with Crippen molar-refractivity contribution in [2.75, 3.05) is 11.4 Å². The molecule has 0 saturated carbocycles. The summed E-state index contributed by atoms with van der Waals surface area (Å²) in [6.45, 7) is 8.36. The minimum absolute atomic E-state index is 0.0674. The first-order chi connectivity index (χ1) is 9.76. The van der Waals surface area contributed by atoms with Crippen LogP contribution in [0.15, 0.2) is 12.3 Å². The first kappa shape index (κ1) is 15.9. The highest BCUT2D eigenvalue weighted by Crippen LogP contribution is 2.26. The van der Waals surface area contributed by atoms with E-state index in [2.05, 4.69) is 15.2 Å². The number of aromatic nitrogens is 1. The van der Waals surface area contributed by atoms with Gasteiger partial charge in [-0.25, -0.2) is 9.78 Å². The Balaban J connectivity index is 2.06. The Hall–Kier alpha value is -1.49. The van der Waals surface area contributed by atoms with Gasteiger partial charge in [0, 0.05) is 6.54 Å². The Morgan fingerprint density at radius 2 is 2.24 bits per heavy atom. The molecule has 1 saturated heterocycles. The number of hydrogen-bond donors (Lipinski definition) is 1. The number of carbonyl (C=O) groups excluding carboxylic acids is 1. The second kappa shape index (κ2) is 6.10. The van der Waals surface area contributed by atoms with Gasteiger partial charge in [0.1, 0.15) is 16.9 Å². The Morgan fingerprint density at radius 1 is 1.52 bits per heavy atom. The SMILES string of the molecule is Cc1cc(N2CCCC2NC(=O)OC(C)(C)C)cnc1Cl. The standard InChI is InChI=1S/C15H22ClN3O2/c1-10-8-11(9-17-13(10)16)19-7-5-6-12(19)18-14(20)21-15(2,3)4/h8-9,12H,5-7H2,1-4H3,(H,18,20). The lowest BCUT2D eigenvalue weighted by molar-refractivity contribution is 0.0506. The smallest absolute Gasteiger partial charge is 0.409 e. The molecule has 0 spiro atoms. The number of amides is 1. The summed E-state index contributed by atoms with van der Waals surface area (Å²) in [4.78, 5) is 18.2. The van der Waals surface area contributed by atoms with Gasteiger partial charge in [-0.1, -0.05) is 11.6 Å². The molecule has 0 bridgehead atoms. The zero-order chi connectivity index (χ0) is 15.6. The molecule has 1 aromatic rings. The van der Waals surface area contributed by atoms with Gasteiger partial charge in [-0.2, -0.15) is 0 Å². The molecule has 1 aliphatic rings. The van der Waals surface area contributed by atoms with Gasteiger partial charge in [-0.3, -0.25) is 0 Å². The molecule has 1 N–H and O–H groups in total. The molecular formula is C15H22ClN3O2. The maximum Gasteiger partial charge on any atom is 0.409 e. The van der Waals surface area contributed by atoms with Gasteiger partial charge in [0.25, 0.3) is 0 Å². The van der Waals surface area contributed by atoms with Gasteiger partial charge in [0.2, 0.25) is 0 Å². The van der Waals surface area contributed by atoms with Crippen molar-refractivity contribution in [2.45, 2.75) is 52.3 Å². The average Bonchev–Trinajstić information content (AvgIpc) is 2.78. The summed E-state index contributed by atoms with van der Waals surface area (Å²) >= 11 is 5.96. The third-order valence-electron chi connectivity index (χ3n) is 3.27. The molecule has 2 rings (SSSR count). The van der Waals surface area contributed by atoms with Gasteiger partial charge >= 0.3 is 6.09 Å². The van der Waals surface area contributed by atoms with E-state index in [-0.39, 0.29) is 6.17 Å². The number of nitrogens with zero attached hydrogens (tertiary/aromatic N) is 2. The number of aryl methyl sites for hydroxylation is 1. The molecule has 116 valence electrons. The fourth-order valence-corrected chi connectivity index (χ4v) is 2.47. The van der Waals surface area contributed by atoms with Crippen LogP contribution in [0.25, 0.3) is 0 Å². The van der Waals surface area contributed by atoms with Crippen LogP contribution in [0.1, 0.15) is 39.2 Å². The summed E-state index contributed by atoms with van der Waals surface area (Å²) in [5.41, 5.74) is 1.40. The minimum atomic E-state index is -0.494. The van der Waals surface area contributed by atoms with Crippen LogP contribution in [-0.4, -0.2) is 29.4 Å². The third kappa shape index (κ3) is 4.24. The number of halogens is 1. The number of nitrogens with one attached hydrogen (secondary N) is 1. The van der Waals surface area contributed by atoms with E-state index in [4.69, 9.17) is 16.3 Å². The van der Waals surface area contributed by atoms with Crippen LogP contribution in [-0.2, 0) is 4.74 Å². The van der Waals surface area contributed by atoms with E-state index in [9.17, 15) is 4.79 Å². The van der Waals surface area contributed by atoms with E-state index in [1.165, 1.54) is 0 Å². The molecule has 5 nitrogen and oxygen atoms in total. The number of rotatable bonds is 2. The Bertz CT molecular complexity index is 528. The fraction of sp³-hybridized carbons (Fsp3) is 0.600. The van der Waals surface area contributed by atoms with Crippen LogP contribution in [0.2, 0.25) is 5.15 Å². The number of pyridine rings is 1. The summed E-state index contributed by atoms with van der Waals surface area (Å²) in [5, 5.41) is 3.43. The predicted octanol–water partition coefficient (Wildman–Crippen LogP) is 3.49. The molecule has 6 heteroatoms. The van der Waals surface area contributed by atoms with Crippen molar-refractivity contribution in [3.05, 3.63) is 23.0 Å². The first-order valence-corrected chi connectivity index (χ1v) is 7.52. The van der Waals surface area contributed by atoms with Gasteiger partial charge in [-0.05, 0) is 52.2 Å². The van der Waals surface area contributed by atoms with E-state index in [1.807, 2.05) is 33.8 Å². The van der Waals surface area contributed by atoms with Crippen molar-refractivity contribution in [3.63, 3.8) is 0 Å². The summed E-state index contributed by atoms with van der Waals surface area (Å²) < 4.78 is 5.31. The Labute approximate surface area is 130 Å². The quantitative estimate of drug-likeness (QED) is 0.849. The number of ether oxygens (including phenoxy) is 1. The molecule has 1 aromatic heterocycles. The molecule has 0 aliphatic carbocycles. The second-order valence-corrected chi connectivity index (χ2v) is 6.66. The van der Waals surface area contributed by atoms with Crippen molar-refractivity contribution < 1.29 is 9.53 Å². The fourth-order valence-electron chi connectivity index (χ4n) is 2.37. The molecule has 1 amide bonds. The zero-order valence-corrected chi connectivity index (χ0v) is 13.7. The van der Waals surface area contributed by atoms with Crippen molar-refractivity contribution in [1.82, 2.24) is 10.3 Å². The molecule has 0 radical (unpaired) electrons. The Morgan fingerprint density at radius 3 is 2.86 bits per heavy atom. The molecule has 1 atom stereocenters. The maximum atomic E-state index is 11.9. The van der Waals surface area contributed by atoms with E-state index in [0.717, 1.165) is 30.6 Å². The van der Waals surface area contributed by atoms with E-state index in [0.29, 0.717) is 5.15 Å². The van der Waals surface area contributed by atoms with Crippen LogP contribution in [0.3, 0.4) is 0 Å². The van der Waals surface area contributed by atoms with Crippen LogP contribution in [0, 0.1) is 6.92 Å². The summed E-state index contributed by atoms with van der Waals surface area (Å²) in [6.07, 6.45) is 3.19. The molecule has 1 fully saturated rings. The van der Waals surface area contributed by atoms with Crippen LogP contribution >= 0.6 is 11.6 Å². The largest absolute Gasteiger partial charge is 0.444 e. The van der Waals surface area contributed by atoms with E-state index >= 15 is 0 Å². The zero-order valence-electron chi connectivity index (χ0n) is 12.9. The van der Waals surface area contributed by atoms with Gasteiger partial charge < -0.3 is 15.0 Å². The molecule has 21 heavy (non-hydrogen) atoms. The number of hydrogen-bond acceptors (Lipinski definition) is 4. The van der Waals surface area contributed by atoms with Crippen LogP contribution < -0.4 is 10.2 Å². The summed E-state index contributed by atoms with van der Waals surface area (Å²) in [7, 11) is 0. The monoisotopic (exact) mass is 311 g/mol. The van der Waals surface area contributed by atoms with Gasteiger partial charge in [-0.15, -0.1) is 0 Å². The summed E-state index contributed by atoms with van der Waals surface area (Å²) in [5.74, 6) is 0. The molecule has 1 aliphatic heterocycles. The lowest BCUT2D eigenvalue weighted by atomic mass is 10.2. The van der Waals surface area contributed by atoms with Crippen molar-refractivity contribution in [1.29, 1.82) is 0 Å². The topological polar surface area (TPSA) is 54.5 Å². The number of anilines is 1. The second-order valence-electron chi connectivity index (χ2n) is 6.30. The van der Waals surface area contributed by atoms with E-state index < -0.39 is 11.7 Å². The Kier molecular flexibility index (Phi) is 4.61.